The number of pyridine rings is 1. The molecular formula is C23H31ClN2O2. The minimum Gasteiger partial charge on any atom is -0.491 e. The van der Waals surface area contributed by atoms with E-state index in [1.807, 2.05) is 28.8 Å². The summed E-state index contributed by atoms with van der Waals surface area (Å²) in [6, 6.07) is 12.2. The van der Waals surface area contributed by atoms with Gasteiger partial charge in [-0.25, -0.2) is 0 Å². The molecule has 0 amide bonds. The minimum atomic E-state index is -0.0427. The van der Waals surface area contributed by atoms with Crippen LogP contribution in [0.4, 0.5) is 0 Å². The van der Waals surface area contributed by atoms with Crippen molar-refractivity contribution in [1.29, 1.82) is 0 Å². The number of aromatic nitrogens is 1. The largest absolute Gasteiger partial charge is 0.491 e. The van der Waals surface area contributed by atoms with Gasteiger partial charge in [-0.1, -0.05) is 58.4 Å². The molecule has 2 N–H and O–H groups in total. The van der Waals surface area contributed by atoms with Crippen LogP contribution in [-0.2, 0) is 13.1 Å². The first-order valence-corrected chi connectivity index (χ1v) is 9.76. The van der Waals surface area contributed by atoms with Crippen molar-refractivity contribution in [1.82, 2.24) is 4.57 Å². The maximum Gasteiger partial charge on any atom is 0.258 e. The molecule has 1 aromatic heterocycles. The fraction of sp³-hybridized carbons (Fsp3) is 0.435. The summed E-state index contributed by atoms with van der Waals surface area (Å²) >= 11 is 0. The molecule has 5 heteroatoms. The first-order chi connectivity index (χ1) is 12.9. The van der Waals surface area contributed by atoms with Crippen molar-refractivity contribution in [3.05, 3.63) is 52.4 Å². The van der Waals surface area contributed by atoms with E-state index in [9.17, 15) is 4.79 Å². The summed E-state index contributed by atoms with van der Waals surface area (Å²) < 4.78 is 8.02. The minimum absolute atomic E-state index is 0. The van der Waals surface area contributed by atoms with Crippen molar-refractivity contribution < 1.29 is 4.74 Å². The molecule has 0 aliphatic heterocycles. The van der Waals surface area contributed by atoms with E-state index < -0.39 is 0 Å². The van der Waals surface area contributed by atoms with Crippen molar-refractivity contribution in [3.8, 4) is 5.75 Å². The number of hydrogen-bond acceptors (Lipinski definition) is 3. The highest BCUT2D eigenvalue weighted by Crippen LogP contribution is 2.32. The number of rotatable bonds is 6. The molecule has 28 heavy (non-hydrogen) atoms. The van der Waals surface area contributed by atoms with Crippen LogP contribution < -0.4 is 16.0 Å². The Morgan fingerprint density at radius 1 is 1.07 bits per heavy atom. The molecule has 0 aliphatic carbocycles. The quantitative estimate of drug-likeness (QED) is 0.452. The number of fused-ring (bicyclic) bond motifs is 2. The third-order valence-electron chi connectivity index (χ3n) is 4.76. The molecule has 152 valence electrons. The van der Waals surface area contributed by atoms with Crippen LogP contribution in [0.1, 0.15) is 46.2 Å². The predicted octanol–water partition coefficient (Wildman–Crippen LogP) is 5.26. The number of nitrogens with zero attached hydrogens (tertiary/aromatic N) is 1. The normalized spacial score (nSPS) is 11.6. The molecule has 0 saturated heterocycles. The third-order valence-corrected chi connectivity index (χ3v) is 4.76. The number of hydrogen-bond donors (Lipinski definition) is 1. The molecular weight excluding hydrogens is 372 g/mol. The van der Waals surface area contributed by atoms with Gasteiger partial charge in [0.15, 0.2) is 0 Å². The van der Waals surface area contributed by atoms with Gasteiger partial charge in [-0.3, -0.25) is 4.79 Å². The van der Waals surface area contributed by atoms with Gasteiger partial charge in [0.05, 0.1) is 17.7 Å². The Labute approximate surface area is 173 Å². The lowest BCUT2D eigenvalue weighted by atomic mass is 9.95. The average Bonchev–Trinajstić information content (AvgIpc) is 2.63. The molecule has 1 heterocycles. The maximum absolute atomic E-state index is 13.4. The van der Waals surface area contributed by atoms with E-state index >= 15 is 0 Å². The van der Waals surface area contributed by atoms with Gasteiger partial charge in [-0.2, -0.15) is 0 Å². The Morgan fingerprint density at radius 3 is 2.21 bits per heavy atom. The standard InChI is InChI=1S/C23H30N2O2.ClH/c1-5-6-11-27-21-18-12-16-9-7-8-10-17(16)13-19(18)22(26)25(20(21)14-24)15-23(2,3)4;/h7-10,12-13H,5-6,11,14-15,24H2,1-4H3;1H. The summed E-state index contributed by atoms with van der Waals surface area (Å²) in [5.41, 5.74) is 6.86. The van der Waals surface area contributed by atoms with E-state index in [0.29, 0.717) is 18.5 Å². The van der Waals surface area contributed by atoms with Gasteiger partial charge >= 0.3 is 0 Å². The van der Waals surface area contributed by atoms with Gasteiger partial charge in [-0.15, -0.1) is 12.4 Å². The van der Waals surface area contributed by atoms with Crippen molar-refractivity contribution >= 4 is 34.0 Å². The van der Waals surface area contributed by atoms with Crippen LogP contribution in [-0.4, -0.2) is 11.2 Å². The number of unbranched alkanes of at least 4 members (excludes halogenated alkanes) is 1. The first-order valence-electron chi connectivity index (χ1n) is 9.76. The molecule has 0 radical (unpaired) electrons. The number of halogens is 1. The average molecular weight is 403 g/mol. The molecule has 2 aromatic carbocycles. The Kier molecular flexibility index (Phi) is 7.13. The smallest absolute Gasteiger partial charge is 0.258 e. The van der Waals surface area contributed by atoms with E-state index in [4.69, 9.17) is 10.5 Å². The zero-order valence-electron chi connectivity index (χ0n) is 17.2. The van der Waals surface area contributed by atoms with E-state index in [2.05, 4.69) is 39.8 Å². The molecule has 0 unspecified atom stereocenters. The lowest BCUT2D eigenvalue weighted by Gasteiger charge is -2.25. The molecule has 0 spiro atoms. The van der Waals surface area contributed by atoms with Crippen LogP contribution in [0.5, 0.6) is 5.75 Å². The lowest BCUT2D eigenvalue weighted by molar-refractivity contribution is 0.295. The number of nitrogens with two attached hydrogens (primary N) is 1. The second-order valence-electron chi connectivity index (χ2n) is 8.38. The van der Waals surface area contributed by atoms with Crippen LogP contribution in [0.25, 0.3) is 21.5 Å². The van der Waals surface area contributed by atoms with Gasteiger partial charge < -0.3 is 15.0 Å². The summed E-state index contributed by atoms with van der Waals surface area (Å²) in [7, 11) is 0. The van der Waals surface area contributed by atoms with Crippen LogP contribution in [0, 0.1) is 5.41 Å². The topological polar surface area (TPSA) is 57.2 Å². The highest BCUT2D eigenvalue weighted by molar-refractivity contribution is 6.00. The Balaban J connectivity index is 0.00000280. The summed E-state index contributed by atoms with van der Waals surface area (Å²) in [6.07, 6.45) is 2.03. The zero-order chi connectivity index (χ0) is 19.6. The fourth-order valence-electron chi connectivity index (χ4n) is 3.48. The highest BCUT2D eigenvalue weighted by atomic mass is 35.5. The number of ether oxygens (including phenoxy) is 1. The maximum atomic E-state index is 13.4. The van der Waals surface area contributed by atoms with Crippen LogP contribution in [0.2, 0.25) is 0 Å². The molecule has 4 nitrogen and oxygen atoms in total. The number of benzene rings is 2. The highest BCUT2D eigenvalue weighted by Gasteiger charge is 2.21. The molecule has 0 saturated carbocycles. The predicted molar refractivity (Wildman–Crippen MR) is 121 cm³/mol. The first kappa shape index (κ1) is 22.3. The van der Waals surface area contributed by atoms with E-state index in [1.165, 1.54) is 0 Å². The summed E-state index contributed by atoms with van der Waals surface area (Å²) in [5, 5.41) is 3.72. The second kappa shape index (κ2) is 8.97. The van der Waals surface area contributed by atoms with Crippen molar-refractivity contribution in [2.75, 3.05) is 6.61 Å². The fourth-order valence-corrected chi connectivity index (χ4v) is 3.48. The van der Waals surface area contributed by atoms with Crippen molar-refractivity contribution in [2.24, 2.45) is 11.1 Å². The molecule has 0 aliphatic rings. The van der Waals surface area contributed by atoms with Gasteiger partial charge in [-0.05, 0) is 34.7 Å². The molecule has 3 rings (SSSR count). The summed E-state index contributed by atoms with van der Waals surface area (Å²) in [5.74, 6) is 0.760. The molecule has 0 fully saturated rings. The van der Waals surface area contributed by atoms with Crippen molar-refractivity contribution in [2.45, 2.75) is 53.6 Å². The molecule has 0 bridgehead atoms. The monoisotopic (exact) mass is 402 g/mol. The Bertz CT molecular complexity index is 1020. The van der Waals surface area contributed by atoms with Gasteiger partial charge in [0.2, 0.25) is 0 Å². The Morgan fingerprint density at radius 2 is 1.68 bits per heavy atom. The zero-order valence-corrected chi connectivity index (χ0v) is 18.1. The van der Waals surface area contributed by atoms with E-state index in [-0.39, 0.29) is 29.9 Å². The Hall–Kier alpha value is -2.04. The molecule has 3 aromatic rings. The van der Waals surface area contributed by atoms with E-state index in [0.717, 1.165) is 40.4 Å². The second-order valence-corrected chi connectivity index (χ2v) is 8.38. The summed E-state index contributed by atoms with van der Waals surface area (Å²) in [6.45, 7) is 10.0. The van der Waals surface area contributed by atoms with Crippen molar-refractivity contribution in [3.63, 3.8) is 0 Å². The van der Waals surface area contributed by atoms with E-state index in [1.54, 1.807) is 0 Å². The van der Waals surface area contributed by atoms with Crippen LogP contribution >= 0.6 is 12.4 Å². The third kappa shape index (κ3) is 4.50. The van der Waals surface area contributed by atoms with Crippen LogP contribution in [0.3, 0.4) is 0 Å². The van der Waals surface area contributed by atoms with Crippen LogP contribution in [0.15, 0.2) is 41.2 Å². The van der Waals surface area contributed by atoms with Gasteiger partial charge in [0.1, 0.15) is 5.75 Å². The van der Waals surface area contributed by atoms with Gasteiger partial charge in [0, 0.05) is 18.5 Å². The summed E-state index contributed by atoms with van der Waals surface area (Å²) in [4.78, 5) is 13.4. The lowest BCUT2D eigenvalue weighted by Crippen LogP contribution is -2.31. The molecule has 0 atom stereocenters. The van der Waals surface area contributed by atoms with Gasteiger partial charge in [0.25, 0.3) is 5.56 Å². The SMILES string of the molecule is CCCCOc1c(CN)n(CC(C)(C)C)c(=O)c2cc3ccccc3cc12.Cl.